The van der Waals surface area contributed by atoms with Crippen LogP contribution in [-0.2, 0) is 19.6 Å². The quantitative estimate of drug-likeness (QED) is 0.243. The highest BCUT2D eigenvalue weighted by atomic mass is 35.5. The van der Waals surface area contributed by atoms with Crippen LogP contribution in [0.25, 0.3) is 0 Å². The van der Waals surface area contributed by atoms with Crippen LogP contribution in [0.3, 0.4) is 0 Å². The Balaban J connectivity index is 1.65. The first-order chi connectivity index (χ1) is 19.5. The van der Waals surface area contributed by atoms with Gasteiger partial charge in [-0.05, 0) is 78.4 Å². The molecule has 2 fully saturated rings. The number of rotatable bonds is 11. The van der Waals surface area contributed by atoms with Gasteiger partial charge in [0.1, 0.15) is 4.21 Å². The van der Waals surface area contributed by atoms with Crippen molar-refractivity contribution in [2.24, 2.45) is 11.3 Å². The zero-order valence-electron chi connectivity index (χ0n) is 22.5. The van der Waals surface area contributed by atoms with E-state index in [1.165, 1.54) is 0 Å². The Morgan fingerprint density at radius 2 is 1.83 bits per heavy atom. The number of thiophene rings is 1. The van der Waals surface area contributed by atoms with Gasteiger partial charge in [0.15, 0.2) is 0 Å². The van der Waals surface area contributed by atoms with Gasteiger partial charge in [0.2, 0.25) is 15.9 Å². The fraction of sp³-hybridized carbons (Fsp3) is 0.400. The zero-order valence-corrected chi connectivity index (χ0v) is 25.6. The van der Waals surface area contributed by atoms with E-state index < -0.39 is 33.5 Å². The van der Waals surface area contributed by atoms with Gasteiger partial charge in [-0.3, -0.25) is 9.59 Å². The summed E-state index contributed by atoms with van der Waals surface area (Å²) in [5, 5.41) is 12.8. The van der Waals surface area contributed by atoms with E-state index in [0.29, 0.717) is 22.9 Å². The number of sulfonamides is 1. The average Bonchev–Trinajstić information content (AvgIpc) is 3.61. The van der Waals surface area contributed by atoms with E-state index in [1.54, 1.807) is 40.6 Å². The molecule has 2 aliphatic rings. The monoisotopic (exact) mass is 634 g/mol. The summed E-state index contributed by atoms with van der Waals surface area (Å²) in [6.07, 6.45) is 2.03. The molecule has 4 unspecified atom stereocenters. The number of piperidine rings is 1. The standard InChI is InChI=1S/C30H32Cl2N2O5S2/c1-2-30(17-26(35)36)16-24(21-5-3-6-23(32)15-21)28(20-10-12-22(31)13-11-20)34(29(30)37)25(19-8-9-19)18-33-41(38,39)27-7-4-14-40-27/h3-7,10-15,19,24-25,28,33H,2,8-9,16-18H2,1H3,(H,35,36). The number of carbonyl (C=O) groups excluding carboxylic acids is 1. The van der Waals surface area contributed by atoms with Crippen molar-refractivity contribution < 1.29 is 23.1 Å². The molecule has 4 atom stereocenters. The fourth-order valence-electron chi connectivity index (χ4n) is 6.17. The molecular formula is C30H32Cl2N2O5S2. The first-order valence-electron chi connectivity index (χ1n) is 13.6. The Labute approximate surface area is 254 Å². The molecule has 1 aliphatic heterocycles. The van der Waals surface area contributed by atoms with Crippen LogP contribution in [0.4, 0.5) is 0 Å². The number of carboxylic acid groups (broad SMARTS) is 1. The number of amides is 1. The summed E-state index contributed by atoms with van der Waals surface area (Å²) in [5.74, 6) is -1.51. The molecule has 0 radical (unpaired) electrons. The number of benzene rings is 2. The molecule has 2 heterocycles. The van der Waals surface area contributed by atoms with Crippen molar-refractivity contribution in [1.82, 2.24) is 9.62 Å². The number of carbonyl (C=O) groups is 2. The lowest BCUT2D eigenvalue weighted by Crippen LogP contribution is -2.59. The van der Waals surface area contributed by atoms with Crippen LogP contribution in [0.1, 0.15) is 62.1 Å². The largest absolute Gasteiger partial charge is 0.481 e. The molecule has 2 N–H and O–H groups in total. The van der Waals surface area contributed by atoms with Gasteiger partial charge in [0.25, 0.3) is 0 Å². The highest BCUT2D eigenvalue weighted by Crippen LogP contribution is 2.55. The summed E-state index contributed by atoms with van der Waals surface area (Å²) in [7, 11) is -3.78. The van der Waals surface area contributed by atoms with Gasteiger partial charge in [0.05, 0.1) is 17.9 Å². The Bertz CT molecular complexity index is 1510. The summed E-state index contributed by atoms with van der Waals surface area (Å²) in [6, 6.07) is 17.1. The van der Waals surface area contributed by atoms with E-state index in [1.807, 2.05) is 37.3 Å². The number of carboxylic acids is 1. The fourth-order valence-corrected chi connectivity index (χ4v) is 8.59. The third-order valence-corrected chi connectivity index (χ3v) is 11.7. The maximum absolute atomic E-state index is 14.7. The summed E-state index contributed by atoms with van der Waals surface area (Å²) in [6.45, 7) is 1.87. The predicted octanol–water partition coefficient (Wildman–Crippen LogP) is 6.74. The predicted molar refractivity (Wildman–Crippen MR) is 161 cm³/mol. The molecule has 1 aromatic heterocycles. The number of nitrogens with one attached hydrogen (secondary N) is 1. The normalized spacial score (nSPS) is 23.9. The van der Waals surface area contributed by atoms with Crippen molar-refractivity contribution in [1.29, 1.82) is 0 Å². The van der Waals surface area contributed by atoms with E-state index in [2.05, 4.69) is 4.72 Å². The van der Waals surface area contributed by atoms with Crippen molar-refractivity contribution in [2.75, 3.05) is 6.54 Å². The second kappa shape index (κ2) is 12.1. The van der Waals surface area contributed by atoms with E-state index in [-0.39, 0.29) is 34.9 Å². The molecule has 11 heteroatoms. The lowest BCUT2D eigenvalue weighted by atomic mass is 9.64. The summed E-state index contributed by atoms with van der Waals surface area (Å²) in [4.78, 5) is 28.7. The number of hydrogen-bond acceptors (Lipinski definition) is 5. The molecule has 3 aromatic rings. The summed E-state index contributed by atoms with van der Waals surface area (Å²) < 4.78 is 29.2. The third-order valence-electron chi connectivity index (χ3n) is 8.40. The highest BCUT2D eigenvalue weighted by Gasteiger charge is 2.55. The van der Waals surface area contributed by atoms with Gasteiger partial charge in [0, 0.05) is 28.5 Å². The van der Waals surface area contributed by atoms with Crippen molar-refractivity contribution in [2.45, 2.75) is 61.2 Å². The topological polar surface area (TPSA) is 104 Å². The molecule has 1 aliphatic carbocycles. The number of aliphatic carboxylic acids is 1. The Hall–Kier alpha value is -2.43. The van der Waals surface area contributed by atoms with Crippen LogP contribution in [0.2, 0.25) is 10.0 Å². The van der Waals surface area contributed by atoms with Crippen LogP contribution in [0, 0.1) is 11.3 Å². The van der Waals surface area contributed by atoms with Crippen molar-refractivity contribution in [3.05, 3.63) is 87.2 Å². The molecule has 2 aromatic carbocycles. The van der Waals surface area contributed by atoms with Gasteiger partial charge < -0.3 is 10.0 Å². The Morgan fingerprint density at radius 3 is 2.41 bits per heavy atom. The molecule has 0 spiro atoms. The number of hydrogen-bond donors (Lipinski definition) is 2. The molecule has 41 heavy (non-hydrogen) atoms. The molecule has 1 saturated carbocycles. The third kappa shape index (κ3) is 6.34. The Kier molecular flexibility index (Phi) is 8.83. The van der Waals surface area contributed by atoms with Gasteiger partial charge in [-0.1, -0.05) is 60.5 Å². The maximum atomic E-state index is 14.7. The van der Waals surface area contributed by atoms with Gasteiger partial charge in [-0.15, -0.1) is 11.3 Å². The number of nitrogens with zero attached hydrogens (tertiary/aromatic N) is 1. The van der Waals surface area contributed by atoms with Gasteiger partial charge in [-0.25, -0.2) is 13.1 Å². The van der Waals surface area contributed by atoms with Crippen molar-refractivity contribution in [3.8, 4) is 0 Å². The van der Waals surface area contributed by atoms with E-state index >= 15 is 0 Å². The number of likely N-dealkylation sites (tertiary alicyclic amines) is 1. The molecular weight excluding hydrogens is 603 g/mol. The maximum Gasteiger partial charge on any atom is 0.304 e. The molecule has 5 rings (SSSR count). The van der Waals surface area contributed by atoms with Crippen LogP contribution in [0.5, 0.6) is 0 Å². The Morgan fingerprint density at radius 1 is 1.10 bits per heavy atom. The summed E-state index contributed by atoms with van der Waals surface area (Å²) in [5.41, 5.74) is 0.577. The highest BCUT2D eigenvalue weighted by molar-refractivity contribution is 7.91. The van der Waals surface area contributed by atoms with Crippen LogP contribution >= 0.6 is 34.5 Å². The molecule has 218 valence electrons. The van der Waals surface area contributed by atoms with Gasteiger partial charge >= 0.3 is 5.97 Å². The van der Waals surface area contributed by atoms with Gasteiger partial charge in [-0.2, -0.15) is 0 Å². The minimum Gasteiger partial charge on any atom is -0.481 e. The minimum atomic E-state index is -3.78. The second-order valence-electron chi connectivity index (χ2n) is 11.0. The molecule has 0 bridgehead atoms. The van der Waals surface area contributed by atoms with Crippen molar-refractivity contribution >= 4 is 56.4 Å². The molecule has 7 nitrogen and oxygen atoms in total. The lowest BCUT2D eigenvalue weighted by Gasteiger charge is -2.53. The average molecular weight is 636 g/mol. The van der Waals surface area contributed by atoms with Crippen LogP contribution < -0.4 is 4.72 Å². The zero-order chi connectivity index (χ0) is 29.4. The summed E-state index contributed by atoms with van der Waals surface area (Å²) >= 11 is 13.8. The SMILES string of the molecule is CCC1(CC(=O)O)CC(c2cccc(Cl)c2)C(c2ccc(Cl)cc2)N(C(CNS(=O)(=O)c2cccs2)C2CC2)C1=O. The second-order valence-corrected chi connectivity index (χ2v) is 14.8. The van der Waals surface area contributed by atoms with Crippen LogP contribution in [-0.4, -0.2) is 42.9 Å². The van der Waals surface area contributed by atoms with Crippen molar-refractivity contribution in [3.63, 3.8) is 0 Å². The van der Waals surface area contributed by atoms with E-state index in [0.717, 1.165) is 35.3 Å². The smallest absolute Gasteiger partial charge is 0.304 e. The van der Waals surface area contributed by atoms with E-state index in [9.17, 15) is 23.1 Å². The van der Waals surface area contributed by atoms with Crippen LogP contribution in [0.15, 0.2) is 70.3 Å². The lowest BCUT2D eigenvalue weighted by molar-refractivity contribution is -0.162. The minimum absolute atomic E-state index is 0.0237. The molecule has 1 amide bonds. The first kappa shape index (κ1) is 30.0. The first-order valence-corrected chi connectivity index (χ1v) is 16.7. The number of halogens is 2. The van der Waals surface area contributed by atoms with E-state index in [4.69, 9.17) is 23.2 Å². The molecule has 1 saturated heterocycles.